The van der Waals surface area contributed by atoms with Gasteiger partial charge < -0.3 is 0 Å². The molecule has 0 aliphatic heterocycles. The van der Waals surface area contributed by atoms with Crippen molar-refractivity contribution in [1.29, 1.82) is 21.0 Å². The van der Waals surface area contributed by atoms with Gasteiger partial charge in [0.2, 0.25) is 0 Å². The summed E-state index contributed by atoms with van der Waals surface area (Å²) < 4.78 is 0. The Hall–Kier alpha value is -2.37. The van der Waals surface area contributed by atoms with Gasteiger partial charge in [-0.3, -0.25) is 4.79 Å². The minimum absolute atomic E-state index is 0.295. The van der Waals surface area contributed by atoms with Gasteiger partial charge in [-0.25, -0.2) is 0 Å². The van der Waals surface area contributed by atoms with Crippen LogP contribution in [0.5, 0.6) is 0 Å². The molecule has 17 heavy (non-hydrogen) atoms. The Morgan fingerprint density at radius 2 is 1.47 bits per heavy atom. The van der Waals surface area contributed by atoms with Crippen molar-refractivity contribution in [2.45, 2.75) is 20.8 Å². The molecule has 0 amide bonds. The normalized spacial score (nSPS) is 12.1. The highest BCUT2D eigenvalue weighted by Crippen LogP contribution is 2.39. The Balaban J connectivity index is 5.93. The zero-order chi connectivity index (χ0) is 13.6. The average Bonchev–Trinajstić information content (AvgIpc) is 2.27. The van der Waals surface area contributed by atoms with Gasteiger partial charge in [-0.15, -0.1) is 0 Å². The summed E-state index contributed by atoms with van der Waals surface area (Å²) in [6, 6.07) is 6.66. The van der Waals surface area contributed by atoms with Crippen LogP contribution in [0.1, 0.15) is 20.8 Å². The minimum atomic E-state index is -1.90. The summed E-state index contributed by atoms with van der Waals surface area (Å²) in [6.07, 6.45) is 0. The van der Waals surface area contributed by atoms with Crippen LogP contribution in [0.15, 0.2) is 0 Å². The smallest absolute Gasteiger partial charge is 0.182 e. The third kappa shape index (κ3) is 2.41. The summed E-state index contributed by atoms with van der Waals surface area (Å²) in [4.78, 5) is 11.6. The number of hydrogen-bond acceptors (Lipinski definition) is 5. The van der Waals surface area contributed by atoms with Crippen molar-refractivity contribution in [3.63, 3.8) is 0 Å². The Labute approximate surface area is 100 Å². The lowest BCUT2D eigenvalue weighted by Crippen LogP contribution is -2.41. The van der Waals surface area contributed by atoms with E-state index in [1.54, 1.807) is 38.1 Å². The number of carbonyl (C=O) groups excluding carboxylic acids is 1. The molecule has 0 N–H and O–H groups in total. The summed E-state index contributed by atoms with van der Waals surface area (Å²) in [6.45, 7) is 4.63. The molecule has 5 heteroatoms. The van der Waals surface area contributed by atoms with Gasteiger partial charge >= 0.3 is 0 Å². The van der Waals surface area contributed by atoms with Crippen molar-refractivity contribution in [1.82, 2.24) is 0 Å². The van der Waals surface area contributed by atoms with E-state index in [2.05, 4.69) is 0 Å². The van der Waals surface area contributed by atoms with Crippen molar-refractivity contribution in [2.24, 2.45) is 23.2 Å². The molecular weight excluding hydrogens is 216 g/mol. The zero-order valence-electron chi connectivity index (χ0n) is 9.93. The van der Waals surface area contributed by atoms with E-state index < -0.39 is 17.3 Å². The second kappa shape index (κ2) is 5.64. The van der Waals surface area contributed by atoms with E-state index in [1.165, 1.54) is 6.92 Å². The molecule has 0 bridgehead atoms. The lowest BCUT2D eigenvalue weighted by molar-refractivity contribution is -0.124. The van der Waals surface area contributed by atoms with E-state index in [9.17, 15) is 4.79 Å². The monoisotopic (exact) mass is 228 g/mol. The quantitative estimate of drug-likeness (QED) is 0.724. The highest BCUT2D eigenvalue weighted by Gasteiger charge is 2.51. The maximum atomic E-state index is 11.6. The predicted molar refractivity (Wildman–Crippen MR) is 57.4 cm³/mol. The van der Waals surface area contributed by atoms with Gasteiger partial charge in [0.05, 0.1) is 30.2 Å². The molecule has 0 aromatic rings. The van der Waals surface area contributed by atoms with Crippen LogP contribution in [0.25, 0.3) is 0 Å². The second-order valence-electron chi connectivity index (χ2n) is 4.12. The van der Waals surface area contributed by atoms with Crippen LogP contribution in [0.3, 0.4) is 0 Å². The Bertz CT molecular complexity index is 439. The number of carbonyl (C=O) groups is 1. The highest BCUT2D eigenvalue weighted by molar-refractivity contribution is 5.81. The van der Waals surface area contributed by atoms with Gasteiger partial charge in [0.25, 0.3) is 0 Å². The first-order valence-corrected chi connectivity index (χ1v) is 5.03. The first-order chi connectivity index (χ1) is 7.91. The Morgan fingerprint density at radius 1 is 1.06 bits per heavy atom. The van der Waals surface area contributed by atoms with E-state index in [0.717, 1.165) is 0 Å². The lowest BCUT2D eigenvalue weighted by atomic mass is 9.64. The number of hydrogen-bond donors (Lipinski definition) is 0. The molecule has 0 saturated carbocycles. The molecule has 86 valence electrons. The first kappa shape index (κ1) is 14.6. The second-order valence-corrected chi connectivity index (χ2v) is 4.12. The van der Waals surface area contributed by atoms with E-state index in [-0.39, 0.29) is 11.7 Å². The molecule has 0 fully saturated rings. The fourth-order valence-corrected chi connectivity index (χ4v) is 2.02. The summed E-state index contributed by atoms with van der Waals surface area (Å²) in [5.74, 6) is -3.04. The van der Waals surface area contributed by atoms with Crippen LogP contribution in [-0.4, -0.2) is 5.78 Å². The van der Waals surface area contributed by atoms with Crippen LogP contribution >= 0.6 is 0 Å². The van der Waals surface area contributed by atoms with Crippen molar-refractivity contribution in [3.8, 4) is 24.3 Å². The maximum absolute atomic E-state index is 11.6. The zero-order valence-corrected chi connectivity index (χ0v) is 9.93. The van der Waals surface area contributed by atoms with Gasteiger partial charge in [-0.1, -0.05) is 13.8 Å². The molecule has 0 spiro atoms. The van der Waals surface area contributed by atoms with Crippen LogP contribution in [0, 0.1) is 68.5 Å². The van der Waals surface area contributed by atoms with Crippen molar-refractivity contribution in [3.05, 3.63) is 0 Å². The van der Waals surface area contributed by atoms with Gasteiger partial charge in [0.1, 0.15) is 5.78 Å². The van der Waals surface area contributed by atoms with E-state index in [1.807, 2.05) is 0 Å². The summed E-state index contributed by atoms with van der Waals surface area (Å²) in [5, 5.41) is 36.0. The number of rotatable bonds is 4. The molecule has 0 rings (SSSR count). The Morgan fingerprint density at radius 3 is 1.65 bits per heavy atom. The predicted octanol–water partition coefficient (Wildman–Crippen LogP) is 1.54. The van der Waals surface area contributed by atoms with Crippen molar-refractivity contribution >= 4 is 5.78 Å². The molecule has 0 aromatic heterocycles. The number of Topliss-reactive ketones (excluding diaryl/α,β-unsaturated/α-hetero) is 1. The Kier molecular flexibility index (Phi) is 4.86. The molecule has 0 unspecified atom stereocenters. The van der Waals surface area contributed by atoms with Gasteiger partial charge in [0.15, 0.2) is 11.3 Å². The SMILES string of the molecule is CC(=O)[C@@H](C(C)C)C(C#N)(C#N)C(C#N)C#N. The third-order valence-corrected chi connectivity index (χ3v) is 2.68. The van der Waals surface area contributed by atoms with Gasteiger partial charge in [-0.2, -0.15) is 21.0 Å². The molecule has 0 aliphatic rings. The van der Waals surface area contributed by atoms with Crippen LogP contribution in [0.4, 0.5) is 0 Å². The minimum Gasteiger partial charge on any atom is -0.300 e. The van der Waals surface area contributed by atoms with Gasteiger partial charge in [0, 0.05) is 0 Å². The van der Waals surface area contributed by atoms with E-state index in [4.69, 9.17) is 21.0 Å². The molecule has 0 saturated heterocycles. The molecule has 0 radical (unpaired) electrons. The third-order valence-electron chi connectivity index (χ3n) is 2.68. The van der Waals surface area contributed by atoms with Crippen LogP contribution in [-0.2, 0) is 4.79 Å². The molecule has 1 atom stereocenters. The largest absolute Gasteiger partial charge is 0.300 e. The maximum Gasteiger partial charge on any atom is 0.182 e. The van der Waals surface area contributed by atoms with Crippen LogP contribution < -0.4 is 0 Å². The number of nitrogens with zero attached hydrogens (tertiary/aromatic N) is 4. The van der Waals surface area contributed by atoms with Crippen molar-refractivity contribution in [2.75, 3.05) is 0 Å². The number of ketones is 1. The molecule has 0 heterocycles. The first-order valence-electron chi connectivity index (χ1n) is 5.03. The molecular formula is C12H12N4O. The molecule has 0 aromatic carbocycles. The fourth-order valence-electron chi connectivity index (χ4n) is 2.02. The average molecular weight is 228 g/mol. The molecule has 5 nitrogen and oxygen atoms in total. The van der Waals surface area contributed by atoms with Crippen LogP contribution in [0.2, 0.25) is 0 Å². The summed E-state index contributed by atoms with van der Waals surface area (Å²) >= 11 is 0. The highest BCUT2D eigenvalue weighted by atomic mass is 16.1. The summed E-state index contributed by atoms with van der Waals surface area (Å²) in [7, 11) is 0. The van der Waals surface area contributed by atoms with Crippen molar-refractivity contribution < 1.29 is 4.79 Å². The fraction of sp³-hybridized carbons (Fsp3) is 0.583. The molecule has 0 aliphatic carbocycles. The number of nitriles is 4. The van der Waals surface area contributed by atoms with E-state index >= 15 is 0 Å². The topological polar surface area (TPSA) is 112 Å². The van der Waals surface area contributed by atoms with Gasteiger partial charge in [-0.05, 0) is 12.8 Å². The van der Waals surface area contributed by atoms with E-state index in [0.29, 0.717) is 0 Å². The summed E-state index contributed by atoms with van der Waals surface area (Å²) in [5.41, 5.74) is -1.90. The lowest BCUT2D eigenvalue weighted by Gasteiger charge is -2.30. The standard InChI is InChI=1S/C12H12N4O/c1-8(2)11(9(3)17)12(6-15,7-16)10(4-13)5-14/h8,10-11H,1-3H3/t11-/m1/s1.